The molecule has 0 aromatic heterocycles. The SMILES string of the molecule is CC(C)PC1=CC=CC1. The minimum absolute atomic E-state index is 0.844. The van der Waals surface area contributed by atoms with Gasteiger partial charge in [0.2, 0.25) is 0 Å². The van der Waals surface area contributed by atoms with Gasteiger partial charge in [-0.3, -0.25) is 0 Å². The summed E-state index contributed by atoms with van der Waals surface area (Å²) in [6.07, 6.45) is 7.84. The van der Waals surface area contributed by atoms with Crippen LogP contribution < -0.4 is 0 Å². The highest BCUT2D eigenvalue weighted by molar-refractivity contribution is 7.43. The van der Waals surface area contributed by atoms with E-state index in [0.29, 0.717) is 0 Å². The Morgan fingerprint density at radius 2 is 2.33 bits per heavy atom. The zero-order chi connectivity index (χ0) is 6.69. The fourth-order valence-corrected chi connectivity index (χ4v) is 2.09. The van der Waals surface area contributed by atoms with E-state index in [9.17, 15) is 0 Å². The second-order valence-electron chi connectivity index (χ2n) is 2.62. The summed E-state index contributed by atoms with van der Waals surface area (Å²) in [7, 11) is 1.04. The third-order valence-electron chi connectivity index (χ3n) is 1.25. The van der Waals surface area contributed by atoms with E-state index in [2.05, 4.69) is 32.1 Å². The lowest BCUT2D eigenvalue weighted by Crippen LogP contribution is -1.81. The Morgan fingerprint density at radius 3 is 2.78 bits per heavy atom. The quantitative estimate of drug-likeness (QED) is 0.517. The van der Waals surface area contributed by atoms with Gasteiger partial charge in [-0.25, -0.2) is 0 Å². The molecular weight excluding hydrogens is 127 g/mol. The molecule has 0 aromatic rings. The first-order chi connectivity index (χ1) is 4.29. The summed E-state index contributed by atoms with van der Waals surface area (Å²) in [6, 6.07) is 0. The van der Waals surface area contributed by atoms with Crippen molar-refractivity contribution in [3.05, 3.63) is 23.5 Å². The van der Waals surface area contributed by atoms with E-state index in [1.165, 1.54) is 6.42 Å². The zero-order valence-corrected chi connectivity index (χ0v) is 7.02. The van der Waals surface area contributed by atoms with Gasteiger partial charge in [-0.05, 0) is 17.4 Å². The van der Waals surface area contributed by atoms with E-state index in [0.717, 1.165) is 14.2 Å². The van der Waals surface area contributed by atoms with Crippen molar-refractivity contribution in [3.8, 4) is 0 Å². The smallest absolute Gasteiger partial charge is 0.00924 e. The molecule has 0 radical (unpaired) electrons. The molecule has 50 valence electrons. The second kappa shape index (κ2) is 3.17. The van der Waals surface area contributed by atoms with Crippen LogP contribution in [0.5, 0.6) is 0 Å². The molecule has 0 N–H and O–H groups in total. The molecule has 0 aliphatic heterocycles. The van der Waals surface area contributed by atoms with Crippen molar-refractivity contribution in [2.24, 2.45) is 0 Å². The minimum atomic E-state index is 0.844. The van der Waals surface area contributed by atoms with E-state index < -0.39 is 0 Å². The molecule has 0 spiro atoms. The van der Waals surface area contributed by atoms with Crippen molar-refractivity contribution < 1.29 is 0 Å². The normalized spacial score (nSPS) is 18.3. The highest BCUT2D eigenvalue weighted by Crippen LogP contribution is 2.33. The van der Waals surface area contributed by atoms with Crippen molar-refractivity contribution in [1.82, 2.24) is 0 Å². The van der Waals surface area contributed by atoms with Gasteiger partial charge in [0.1, 0.15) is 0 Å². The van der Waals surface area contributed by atoms with Crippen molar-refractivity contribution in [3.63, 3.8) is 0 Å². The van der Waals surface area contributed by atoms with Crippen LogP contribution >= 0.6 is 8.58 Å². The van der Waals surface area contributed by atoms with Gasteiger partial charge >= 0.3 is 0 Å². The first-order valence-electron chi connectivity index (χ1n) is 3.41. The summed E-state index contributed by atoms with van der Waals surface area (Å²) in [4.78, 5) is 0. The monoisotopic (exact) mass is 140 g/mol. The molecule has 0 bridgehead atoms. The fourth-order valence-electron chi connectivity index (χ4n) is 0.925. The van der Waals surface area contributed by atoms with E-state index >= 15 is 0 Å². The standard InChI is InChI=1S/C8H13P/c1-7(2)9-8-5-3-4-6-8/h3-5,7,9H,6H2,1-2H3. The topological polar surface area (TPSA) is 0 Å². The predicted octanol–water partition coefficient (Wildman–Crippen LogP) is 2.92. The van der Waals surface area contributed by atoms with Crippen molar-refractivity contribution in [1.29, 1.82) is 0 Å². The van der Waals surface area contributed by atoms with E-state index in [4.69, 9.17) is 0 Å². The van der Waals surface area contributed by atoms with E-state index in [1.807, 2.05) is 0 Å². The Hall–Kier alpha value is -0.0900. The van der Waals surface area contributed by atoms with Crippen LogP contribution in [0.2, 0.25) is 0 Å². The summed E-state index contributed by atoms with van der Waals surface area (Å²) in [5.41, 5.74) is 0.844. The molecule has 1 rings (SSSR count). The molecular formula is C8H13P. The van der Waals surface area contributed by atoms with Gasteiger partial charge in [0.05, 0.1) is 0 Å². The highest BCUT2D eigenvalue weighted by Gasteiger charge is 2.00. The number of hydrogen-bond acceptors (Lipinski definition) is 0. The van der Waals surface area contributed by atoms with Crippen molar-refractivity contribution in [2.45, 2.75) is 25.9 Å². The van der Waals surface area contributed by atoms with Gasteiger partial charge in [-0.15, -0.1) is 0 Å². The van der Waals surface area contributed by atoms with Gasteiger partial charge < -0.3 is 0 Å². The van der Waals surface area contributed by atoms with Crippen LogP contribution in [-0.4, -0.2) is 5.66 Å². The molecule has 1 atom stereocenters. The lowest BCUT2D eigenvalue weighted by Gasteiger charge is -2.03. The zero-order valence-electron chi connectivity index (χ0n) is 6.02. The maximum Gasteiger partial charge on any atom is -0.00924 e. The van der Waals surface area contributed by atoms with Crippen LogP contribution in [-0.2, 0) is 0 Å². The van der Waals surface area contributed by atoms with Crippen LogP contribution in [0, 0.1) is 0 Å². The molecule has 0 saturated heterocycles. The fraction of sp³-hybridized carbons (Fsp3) is 0.500. The van der Waals surface area contributed by atoms with Crippen LogP contribution in [0.1, 0.15) is 20.3 Å². The average Bonchev–Trinajstić information content (AvgIpc) is 2.15. The Labute approximate surface area is 58.8 Å². The second-order valence-corrected chi connectivity index (χ2v) is 4.71. The Morgan fingerprint density at radius 1 is 1.56 bits per heavy atom. The third-order valence-corrected chi connectivity index (χ3v) is 2.56. The predicted molar refractivity (Wildman–Crippen MR) is 45.3 cm³/mol. The molecule has 9 heavy (non-hydrogen) atoms. The van der Waals surface area contributed by atoms with Crippen LogP contribution in [0.3, 0.4) is 0 Å². The molecule has 0 heterocycles. The molecule has 0 aromatic carbocycles. The van der Waals surface area contributed by atoms with E-state index in [1.54, 1.807) is 5.31 Å². The summed E-state index contributed by atoms with van der Waals surface area (Å²) in [5, 5.41) is 1.62. The van der Waals surface area contributed by atoms with Gasteiger partial charge in [0.15, 0.2) is 0 Å². The largest absolute Gasteiger partial charge is 0.0919 e. The minimum Gasteiger partial charge on any atom is -0.0919 e. The average molecular weight is 140 g/mol. The maximum absolute atomic E-state index is 2.28. The number of hydrogen-bond donors (Lipinski definition) is 0. The van der Waals surface area contributed by atoms with Gasteiger partial charge in [-0.2, -0.15) is 0 Å². The van der Waals surface area contributed by atoms with Gasteiger partial charge in [-0.1, -0.05) is 40.7 Å². The Balaban J connectivity index is 2.30. The van der Waals surface area contributed by atoms with Crippen molar-refractivity contribution >= 4 is 8.58 Å². The lowest BCUT2D eigenvalue weighted by molar-refractivity contribution is 1.10. The summed E-state index contributed by atoms with van der Waals surface area (Å²) < 4.78 is 0. The third kappa shape index (κ3) is 2.32. The molecule has 0 amide bonds. The summed E-state index contributed by atoms with van der Waals surface area (Å²) in [6.45, 7) is 4.55. The Kier molecular flexibility index (Phi) is 2.48. The molecule has 1 heteroatoms. The van der Waals surface area contributed by atoms with Crippen molar-refractivity contribution in [2.75, 3.05) is 0 Å². The maximum atomic E-state index is 2.28. The molecule has 0 nitrogen and oxygen atoms in total. The summed E-state index contributed by atoms with van der Waals surface area (Å²) in [5.74, 6) is 0. The Bertz CT molecular complexity index is 143. The first kappa shape index (κ1) is 7.02. The van der Waals surface area contributed by atoms with Crippen LogP contribution in [0.25, 0.3) is 0 Å². The van der Waals surface area contributed by atoms with Crippen LogP contribution in [0.15, 0.2) is 23.5 Å². The highest BCUT2D eigenvalue weighted by atomic mass is 31.1. The molecule has 1 aliphatic carbocycles. The van der Waals surface area contributed by atoms with Crippen LogP contribution in [0.4, 0.5) is 0 Å². The van der Waals surface area contributed by atoms with Gasteiger partial charge in [0, 0.05) is 0 Å². The van der Waals surface area contributed by atoms with Gasteiger partial charge in [0.25, 0.3) is 0 Å². The molecule has 1 aliphatic rings. The number of allylic oxidation sites excluding steroid dienone is 4. The molecule has 0 fully saturated rings. The summed E-state index contributed by atoms with van der Waals surface area (Å²) >= 11 is 0. The molecule has 0 saturated carbocycles. The lowest BCUT2D eigenvalue weighted by atomic mass is 10.5. The first-order valence-corrected chi connectivity index (χ1v) is 4.49. The van der Waals surface area contributed by atoms with E-state index in [-0.39, 0.29) is 0 Å². The number of rotatable bonds is 2. The molecule has 1 unspecified atom stereocenters.